The Kier molecular flexibility index (Phi) is 2.35. The third-order valence-corrected chi connectivity index (χ3v) is 4.18. The summed E-state index contributed by atoms with van der Waals surface area (Å²) in [5, 5.41) is 3.46. The van der Waals surface area contributed by atoms with Crippen LogP contribution in [0, 0.1) is 0 Å². The van der Waals surface area contributed by atoms with Gasteiger partial charge in [-0.1, -0.05) is 25.1 Å². The van der Waals surface area contributed by atoms with Gasteiger partial charge in [-0.3, -0.25) is 4.99 Å². The quantitative estimate of drug-likeness (QED) is 0.838. The van der Waals surface area contributed by atoms with Crippen LogP contribution >= 0.6 is 0 Å². The highest BCUT2D eigenvalue weighted by Crippen LogP contribution is 2.40. The second-order valence-electron chi connectivity index (χ2n) is 4.91. The fourth-order valence-electron chi connectivity index (χ4n) is 3.13. The summed E-state index contributed by atoms with van der Waals surface area (Å²) in [7, 11) is 2.19. The average Bonchev–Trinajstić information content (AvgIpc) is 2.97. The maximum Gasteiger partial charge on any atom is 0.123 e. The number of nitrogens with one attached hydrogen (secondary N) is 1. The molecule has 1 aromatic carbocycles. The Bertz CT molecular complexity index is 466. The van der Waals surface area contributed by atoms with Gasteiger partial charge in [-0.2, -0.15) is 0 Å². The van der Waals surface area contributed by atoms with Crippen LogP contribution in [-0.2, 0) is 6.42 Å². The maximum atomic E-state index is 4.66. The lowest BCUT2D eigenvalue weighted by Gasteiger charge is -2.37. The molecule has 3 heteroatoms. The molecule has 1 aromatic rings. The van der Waals surface area contributed by atoms with Crippen LogP contribution in [0.15, 0.2) is 29.3 Å². The van der Waals surface area contributed by atoms with Gasteiger partial charge in [0.05, 0.1) is 6.54 Å². The number of likely N-dealkylation sites (N-methyl/N-ethyl adjacent to an activating group) is 1. The van der Waals surface area contributed by atoms with Crippen LogP contribution in [0.25, 0.3) is 0 Å². The van der Waals surface area contributed by atoms with Gasteiger partial charge in [0.1, 0.15) is 11.4 Å². The Labute approximate surface area is 103 Å². The Morgan fingerprint density at radius 2 is 2.24 bits per heavy atom. The number of fused-ring (bicyclic) bond motifs is 1. The lowest BCUT2D eigenvalue weighted by atomic mass is 9.90. The predicted octanol–water partition coefficient (Wildman–Crippen LogP) is 1.83. The lowest BCUT2D eigenvalue weighted by Crippen LogP contribution is -2.55. The molecule has 90 valence electrons. The SMILES string of the molecule is CC[C@]1(C2=NCCN2)Cc2ccccc2N1C. The molecule has 2 aliphatic heterocycles. The Balaban J connectivity index is 2.05. The Morgan fingerprint density at radius 1 is 1.41 bits per heavy atom. The molecular formula is C14H19N3. The number of nitrogens with zero attached hydrogens (tertiary/aromatic N) is 2. The Morgan fingerprint density at radius 3 is 2.88 bits per heavy atom. The molecule has 0 unspecified atom stereocenters. The number of rotatable bonds is 2. The summed E-state index contributed by atoms with van der Waals surface area (Å²) < 4.78 is 0. The summed E-state index contributed by atoms with van der Waals surface area (Å²) in [6.45, 7) is 4.16. The summed E-state index contributed by atoms with van der Waals surface area (Å²) in [6.07, 6.45) is 2.16. The van der Waals surface area contributed by atoms with Gasteiger partial charge in [-0.25, -0.2) is 0 Å². The van der Waals surface area contributed by atoms with Crippen LogP contribution in [0.4, 0.5) is 5.69 Å². The van der Waals surface area contributed by atoms with Gasteiger partial charge in [-0.05, 0) is 18.1 Å². The van der Waals surface area contributed by atoms with E-state index in [1.54, 1.807) is 0 Å². The zero-order valence-electron chi connectivity index (χ0n) is 10.5. The predicted molar refractivity (Wildman–Crippen MR) is 71.9 cm³/mol. The number of hydrogen-bond donors (Lipinski definition) is 1. The number of amidine groups is 1. The largest absolute Gasteiger partial charge is 0.370 e. The second-order valence-corrected chi connectivity index (χ2v) is 4.91. The van der Waals surface area contributed by atoms with E-state index in [1.807, 2.05) is 0 Å². The lowest BCUT2D eigenvalue weighted by molar-refractivity contribution is 0.531. The van der Waals surface area contributed by atoms with Crippen molar-refractivity contribution in [2.75, 3.05) is 25.0 Å². The van der Waals surface area contributed by atoms with Gasteiger partial charge >= 0.3 is 0 Å². The minimum atomic E-state index is 0.0557. The smallest absolute Gasteiger partial charge is 0.123 e. The van der Waals surface area contributed by atoms with Crippen molar-refractivity contribution in [3.63, 3.8) is 0 Å². The van der Waals surface area contributed by atoms with Crippen molar-refractivity contribution in [1.29, 1.82) is 0 Å². The van der Waals surface area contributed by atoms with E-state index in [0.29, 0.717) is 0 Å². The minimum Gasteiger partial charge on any atom is -0.370 e. The molecule has 0 fully saturated rings. The van der Waals surface area contributed by atoms with E-state index < -0.39 is 0 Å². The van der Waals surface area contributed by atoms with Crippen molar-refractivity contribution in [3.05, 3.63) is 29.8 Å². The van der Waals surface area contributed by atoms with Crippen LogP contribution in [0.2, 0.25) is 0 Å². The van der Waals surface area contributed by atoms with E-state index in [-0.39, 0.29) is 5.54 Å². The molecule has 1 N–H and O–H groups in total. The molecule has 3 nitrogen and oxygen atoms in total. The van der Waals surface area contributed by atoms with Crippen molar-refractivity contribution in [3.8, 4) is 0 Å². The van der Waals surface area contributed by atoms with E-state index in [0.717, 1.165) is 25.9 Å². The van der Waals surface area contributed by atoms with Gasteiger partial charge in [-0.15, -0.1) is 0 Å². The van der Waals surface area contributed by atoms with Gasteiger partial charge in [0, 0.05) is 25.7 Å². The fourth-order valence-corrected chi connectivity index (χ4v) is 3.13. The molecule has 2 aliphatic rings. The molecule has 17 heavy (non-hydrogen) atoms. The maximum absolute atomic E-state index is 4.66. The second kappa shape index (κ2) is 3.76. The molecule has 0 bridgehead atoms. The summed E-state index contributed by atoms with van der Waals surface area (Å²) in [4.78, 5) is 7.06. The van der Waals surface area contributed by atoms with E-state index >= 15 is 0 Å². The van der Waals surface area contributed by atoms with Crippen molar-refractivity contribution in [1.82, 2.24) is 5.32 Å². The number of para-hydroxylation sites is 1. The van der Waals surface area contributed by atoms with E-state index in [9.17, 15) is 0 Å². The molecule has 0 spiro atoms. The highest BCUT2D eigenvalue weighted by atomic mass is 15.3. The zero-order valence-corrected chi connectivity index (χ0v) is 10.5. The monoisotopic (exact) mass is 229 g/mol. The first-order chi connectivity index (χ1) is 8.28. The van der Waals surface area contributed by atoms with E-state index in [4.69, 9.17) is 0 Å². The third-order valence-electron chi connectivity index (χ3n) is 4.18. The summed E-state index contributed by atoms with van der Waals surface area (Å²) in [5.41, 5.74) is 2.85. The number of hydrogen-bond acceptors (Lipinski definition) is 3. The molecule has 1 atom stereocenters. The Hall–Kier alpha value is -1.51. The normalized spacial score (nSPS) is 26.7. The van der Waals surface area contributed by atoms with Crippen molar-refractivity contribution < 1.29 is 0 Å². The zero-order chi connectivity index (χ0) is 11.9. The fraction of sp³-hybridized carbons (Fsp3) is 0.500. The molecule has 0 saturated carbocycles. The van der Waals surface area contributed by atoms with Crippen molar-refractivity contribution in [2.45, 2.75) is 25.3 Å². The molecule has 0 radical (unpaired) electrons. The molecular weight excluding hydrogens is 210 g/mol. The van der Waals surface area contributed by atoms with Crippen LogP contribution in [0.3, 0.4) is 0 Å². The van der Waals surface area contributed by atoms with E-state index in [2.05, 4.69) is 53.4 Å². The number of aliphatic imine (C=N–C) groups is 1. The van der Waals surface area contributed by atoms with Gasteiger partial charge < -0.3 is 10.2 Å². The topological polar surface area (TPSA) is 27.6 Å². The number of anilines is 1. The van der Waals surface area contributed by atoms with Gasteiger partial charge in [0.2, 0.25) is 0 Å². The minimum absolute atomic E-state index is 0.0557. The average molecular weight is 229 g/mol. The van der Waals surface area contributed by atoms with Crippen LogP contribution in [0.5, 0.6) is 0 Å². The van der Waals surface area contributed by atoms with Gasteiger partial charge in [0.15, 0.2) is 0 Å². The standard InChI is InChI=1S/C14H19N3/c1-3-14(13-15-8-9-16-13)10-11-6-4-5-7-12(11)17(14)2/h4-7H,3,8-10H2,1-2H3,(H,15,16)/t14-/m1/s1. The molecule has 3 rings (SSSR count). The molecule has 2 heterocycles. The molecule has 0 amide bonds. The molecule has 0 aromatic heterocycles. The molecule has 0 aliphatic carbocycles. The molecule has 0 saturated heterocycles. The van der Waals surface area contributed by atoms with Crippen LogP contribution in [0.1, 0.15) is 18.9 Å². The third kappa shape index (κ3) is 1.38. The highest BCUT2D eigenvalue weighted by Gasteiger charge is 2.45. The van der Waals surface area contributed by atoms with Gasteiger partial charge in [0.25, 0.3) is 0 Å². The highest BCUT2D eigenvalue weighted by molar-refractivity contribution is 5.98. The summed E-state index contributed by atoms with van der Waals surface area (Å²) >= 11 is 0. The number of benzene rings is 1. The van der Waals surface area contributed by atoms with Crippen molar-refractivity contribution >= 4 is 11.5 Å². The van der Waals surface area contributed by atoms with Crippen LogP contribution < -0.4 is 10.2 Å². The van der Waals surface area contributed by atoms with Crippen LogP contribution in [-0.4, -0.2) is 31.5 Å². The first-order valence-electron chi connectivity index (χ1n) is 6.38. The summed E-state index contributed by atoms with van der Waals surface area (Å²) in [6, 6.07) is 8.69. The first kappa shape index (κ1) is 10.6. The van der Waals surface area contributed by atoms with Crippen molar-refractivity contribution in [2.24, 2.45) is 4.99 Å². The first-order valence-corrected chi connectivity index (χ1v) is 6.38. The summed E-state index contributed by atoms with van der Waals surface area (Å²) in [5.74, 6) is 1.18. The van der Waals surface area contributed by atoms with E-state index in [1.165, 1.54) is 17.1 Å².